The molecule has 8 rings (SSSR count). The second-order valence-electron chi connectivity index (χ2n) is 16.9. The van der Waals surface area contributed by atoms with Crippen molar-refractivity contribution in [1.82, 2.24) is 4.40 Å². The molecule has 0 bridgehead atoms. The number of benzene rings is 4. The standard InChI is InChI=1S/C42H43NO2/c1-22-12-11-13-23(2)35(22)24-14-27-25-16-31-29(37(44)41(7,8)20-39(31,3)4)18-33(25)43-34-19-30-32(17-26(34)28(15-24)36(27)43)40(5,6)21-42(9,10)38(30)45/h11-19H,20-21H2,1-10H3. The minimum atomic E-state index is -0.428. The van der Waals surface area contributed by atoms with Crippen LogP contribution in [0.3, 0.4) is 0 Å². The molecule has 6 aromatic rings. The van der Waals surface area contributed by atoms with Gasteiger partial charge in [0.1, 0.15) is 0 Å². The highest BCUT2D eigenvalue weighted by Crippen LogP contribution is 2.52. The van der Waals surface area contributed by atoms with Gasteiger partial charge in [-0.3, -0.25) is 9.59 Å². The molecule has 3 heteroatoms. The molecule has 45 heavy (non-hydrogen) atoms. The van der Waals surface area contributed by atoms with Crippen LogP contribution in [0, 0.1) is 24.7 Å². The lowest BCUT2D eigenvalue weighted by atomic mass is 9.61. The Morgan fingerprint density at radius 2 is 0.978 bits per heavy atom. The maximum Gasteiger partial charge on any atom is 0.168 e. The minimum Gasteiger partial charge on any atom is -0.308 e. The van der Waals surface area contributed by atoms with E-state index in [1.807, 2.05) is 0 Å². The summed E-state index contributed by atoms with van der Waals surface area (Å²) in [7, 11) is 0. The fourth-order valence-corrected chi connectivity index (χ4v) is 9.83. The van der Waals surface area contributed by atoms with Crippen molar-refractivity contribution in [1.29, 1.82) is 0 Å². The Balaban J connectivity index is 1.59. The molecule has 0 radical (unpaired) electrons. The first-order chi connectivity index (χ1) is 20.9. The summed E-state index contributed by atoms with van der Waals surface area (Å²) in [6.07, 6.45) is 1.63. The average Bonchev–Trinajstić information content (AvgIpc) is 3.43. The summed E-state index contributed by atoms with van der Waals surface area (Å²) in [5, 5.41) is 4.76. The van der Waals surface area contributed by atoms with E-state index in [0.717, 1.165) is 46.1 Å². The van der Waals surface area contributed by atoms with Crippen LogP contribution in [0.2, 0.25) is 0 Å². The largest absolute Gasteiger partial charge is 0.308 e. The molecular weight excluding hydrogens is 550 g/mol. The van der Waals surface area contributed by atoms with Crippen LogP contribution in [0.1, 0.15) is 111 Å². The van der Waals surface area contributed by atoms with E-state index >= 15 is 0 Å². The maximum absolute atomic E-state index is 14.0. The molecule has 4 aromatic carbocycles. The number of ketones is 2. The molecule has 0 unspecified atom stereocenters. The summed E-state index contributed by atoms with van der Waals surface area (Å²) >= 11 is 0. The molecule has 0 saturated carbocycles. The molecule has 3 nitrogen and oxygen atoms in total. The smallest absolute Gasteiger partial charge is 0.168 e. The topological polar surface area (TPSA) is 38.5 Å². The van der Waals surface area contributed by atoms with Crippen molar-refractivity contribution in [3.05, 3.63) is 88.0 Å². The number of aryl methyl sites for hydroxylation is 2. The highest BCUT2D eigenvalue weighted by atomic mass is 16.1. The quantitative estimate of drug-likeness (QED) is 0.190. The van der Waals surface area contributed by atoms with E-state index in [9.17, 15) is 9.59 Å². The van der Waals surface area contributed by atoms with Crippen LogP contribution in [-0.2, 0) is 10.8 Å². The summed E-state index contributed by atoms with van der Waals surface area (Å²) in [6.45, 7) is 21.9. The van der Waals surface area contributed by atoms with Crippen molar-refractivity contribution in [2.24, 2.45) is 10.8 Å². The summed E-state index contributed by atoms with van der Waals surface area (Å²) < 4.78 is 2.36. The van der Waals surface area contributed by atoms with E-state index in [1.165, 1.54) is 49.3 Å². The van der Waals surface area contributed by atoms with Gasteiger partial charge in [-0.05, 0) is 107 Å². The Hall–Kier alpha value is -3.98. The third kappa shape index (κ3) is 3.64. The molecule has 0 saturated heterocycles. The van der Waals surface area contributed by atoms with Crippen LogP contribution in [-0.4, -0.2) is 16.0 Å². The predicted octanol–water partition coefficient (Wildman–Crippen LogP) is 10.9. The number of aromatic nitrogens is 1. The van der Waals surface area contributed by atoms with Crippen LogP contribution in [0.5, 0.6) is 0 Å². The van der Waals surface area contributed by atoms with Gasteiger partial charge in [-0.2, -0.15) is 0 Å². The second-order valence-corrected chi connectivity index (χ2v) is 16.9. The van der Waals surface area contributed by atoms with Crippen molar-refractivity contribution in [2.75, 3.05) is 0 Å². The second kappa shape index (κ2) is 8.43. The summed E-state index contributed by atoms with van der Waals surface area (Å²) in [6, 6.07) is 20.2. The first kappa shape index (κ1) is 28.5. The van der Waals surface area contributed by atoms with Crippen molar-refractivity contribution in [3.63, 3.8) is 0 Å². The van der Waals surface area contributed by atoms with Gasteiger partial charge in [0.2, 0.25) is 0 Å². The summed E-state index contributed by atoms with van der Waals surface area (Å²) in [5.74, 6) is 0.436. The monoisotopic (exact) mass is 593 g/mol. The van der Waals surface area contributed by atoms with E-state index in [4.69, 9.17) is 0 Å². The molecule has 2 aliphatic carbocycles. The van der Waals surface area contributed by atoms with Gasteiger partial charge in [-0.15, -0.1) is 0 Å². The van der Waals surface area contributed by atoms with Gasteiger partial charge >= 0.3 is 0 Å². The van der Waals surface area contributed by atoms with Crippen LogP contribution in [0.4, 0.5) is 0 Å². The fourth-order valence-electron chi connectivity index (χ4n) is 9.83. The molecule has 2 aliphatic rings. The Morgan fingerprint density at radius 1 is 0.556 bits per heavy atom. The van der Waals surface area contributed by atoms with Gasteiger partial charge in [-0.1, -0.05) is 73.6 Å². The average molecular weight is 594 g/mol. The number of Topliss-reactive ketones (excluding diaryl/α,β-unsaturated/α-hetero) is 2. The molecule has 228 valence electrons. The summed E-state index contributed by atoms with van der Waals surface area (Å²) in [5.41, 5.74) is 11.1. The number of rotatable bonds is 1. The number of hydrogen-bond donors (Lipinski definition) is 0. The molecule has 0 fully saturated rings. The minimum absolute atomic E-state index is 0.132. The Labute approximate surface area is 266 Å². The van der Waals surface area contributed by atoms with E-state index in [-0.39, 0.29) is 22.4 Å². The highest BCUT2D eigenvalue weighted by molar-refractivity contribution is 6.26. The first-order valence-electron chi connectivity index (χ1n) is 16.5. The number of carbonyl (C=O) groups excluding carboxylic acids is 2. The molecule has 2 aromatic heterocycles. The zero-order valence-corrected chi connectivity index (χ0v) is 28.4. The van der Waals surface area contributed by atoms with Gasteiger partial charge in [0.15, 0.2) is 11.6 Å². The number of carbonyl (C=O) groups is 2. The van der Waals surface area contributed by atoms with Crippen LogP contribution >= 0.6 is 0 Å². The normalized spacial score (nSPS) is 20.0. The third-order valence-electron chi connectivity index (χ3n) is 11.4. The van der Waals surface area contributed by atoms with Crippen LogP contribution < -0.4 is 0 Å². The highest BCUT2D eigenvalue weighted by Gasteiger charge is 2.45. The van der Waals surface area contributed by atoms with Gasteiger partial charge in [0.25, 0.3) is 0 Å². The zero-order valence-electron chi connectivity index (χ0n) is 28.4. The number of fused-ring (bicyclic) bond motifs is 8. The van der Waals surface area contributed by atoms with E-state index in [1.54, 1.807) is 0 Å². The first-order valence-corrected chi connectivity index (χ1v) is 16.5. The number of nitrogens with zero attached hydrogens (tertiary/aromatic N) is 1. The lowest BCUT2D eigenvalue weighted by Crippen LogP contribution is -2.39. The van der Waals surface area contributed by atoms with Crippen LogP contribution in [0.25, 0.3) is 49.2 Å². The molecule has 0 spiro atoms. The number of hydrogen-bond acceptors (Lipinski definition) is 2. The summed E-state index contributed by atoms with van der Waals surface area (Å²) in [4.78, 5) is 28.0. The molecule has 0 amide bonds. The van der Waals surface area contributed by atoms with Crippen molar-refractivity contribution >= 4 is 49.7 Å². The zero-order chi connectivity index (χ0) is 32.2. The molecular formula is C42H43NO2. The van der Waals surface area contributed by atoms with Gasteiger partial charge < -0.3 is 4.40 Å². The third-order valence-corrected chi connectivity index (χ3v) is 11.4. The molecule has 2 heterocycles. The fraction of sp³-hybridized carbons (Fsp3) is 0.381. The predicted molar refractivity (Wildman–Crippen MR) is 188 cm³/mol. The SMILES string of the molecule is Cc1cccc(C)c1-c1cc2c3cc4c(cc3n3c5cc6c(cc5c(c1)c23)C(C)(C)CC(C)(C)C6=O)C(=O)C(C)(C)CC4(C)C. The molecule has 0 atom stereocenters. The van der Waals surface area contributed by atoms with E-state index in [2.05, 4.69) is 128 Å². The Morgan fingerprint density at radius 3 is 1.40 bits per heavy atom. The van der Waals surface area contributed by atoms with Crippen molar-refractivity contribution in [3.8, 4) is 11.1 Å². The molecule has 0 N–H and O–H groups in total. The van der Waals surface area contributed by atoms with Crippen molar-refractivity contribution < 1.29 is 9.59 Å². The Kier molecular flexibility index (Phi) is 5.34. The Bertz CT molecular complexity index is 2170. The van der Waals surface area contributed by atoms with E-state index < -0.39 is 10.8 Å². The van der Waals surface area contributed by atoms with Gasteiger partial charge in [-0.25, -0.2) is 0 Å². The van der Waals surface area contributed by atoms with Gasteiger partial charge in [0.05, 0.1) is 16.6 Å². The van der Waals surface area contributed by atoms with E-state index in [0.29, 0.717) is 0 Å². The van der Waals surface area contributed by atoms with Crippen LogP contribution in [0.15, 0.2) is 54.6 Å². The lowest BCUT2D eigenvalue weighted by molar-refractivity contribution is 0.0760. The maximum atomic E-state index is 14.0. The molecule has 0 aliphatic heterocycles. The van der Waals surface area contributed by atoms with Gasteiger partial charge in [0, 0.05) is 43.5 Å². The van der Waals surface area contributed by atoms with Crippen molar-refractivity contribution in [2.45, 2.75) is 92.9 Å². The lowest BCUT2D eigenvalue weighted by Gasteiger charge is -2.41.